The van der Waals surface area contributed by atoms with Gasteiger partial charge >= 0.3 is 11.4 Å². The average molecular weight is 564 g/mol. The van der Waals surface area contributed by atoms with E-state index in [1.54, 1.807) is 49.4 Å². The molecule has 0 bridgehead atoms. The number of nitriles is 1. The first-order valence-corrected chi connectivity index (χ1v) is 11.7. The fourth-order valence-corrected chi connectivity index (χ4v) is 4.87. The summed E-state index contributed by atoms with van der Waals surface area (Å²) in [6, 6.07) is 14.1. The van der Waals surface area contributed by atoms with Gasteiger partial charge in [-0.3, -0.25) is 0 Å². The number of aromatic nitrogens is 2. The summed E-state index contributed by atoms with van der Waals surface area (Å²) in [7, 11) is 1.50. The van der Waals surface area contributed by atoms with Crippen LogP contribution >= 0.6 is 15.9 Å². The van der Waals surface area contributed by atoms with Crippen LogP contribution in [0.5, 0.6) is 11.5 Å². The number of allylic oxidation sites excluding steroid dienone is 1. The monoisotopic (exact) mass is 563 g/mol. The zero-order valence-corrected chi connectivity index (χ0v) is 21.1. The molecule has 5 rings (SSSR count). The molecule has 0 unspecified atom stereocenters. The summed E-state index contributed by atoms with van der Waals surface area (Å²) in [6.07, 6.45) is 0. The summed E-state index contributed by atoms with van der Waals surface area (Å²) in [6.45, 7) is 1.82. The smallest absolute Gasteiger partial charge is 0.404 e. The number of benzene rings is 2. The van der Waals surface area contributed by atoms with Crippen molar-refractivity contribution in [2.75, 3.05) is 7.11 Å². The fourth-order valence-electron chi connectivity index (χ4n) is 4.44. The molecule has 0 radical (unpaired) electrons. The van der Waals surface area contributed by atoms with Crippen molar-refractivity contribution in [3.05, 3.63) is 101 Å². The van der Waals surface area contributed by atoms with Crippen LogP contribution in [0.3, 0.4) is 0 Å². The first-order chi connectivity index (χ1) is 17.7. The summed E-state index contributed by atoms with van der Waals surface area (Å²) in [4.78, 5) is 23.9. The number of para-hydroxylation sites is 1. The summed E-state index contributed by atoms with van der Waals surface area (Å²) in [5.41, 5.74) is 7.75. The van der Waals surface area contributed by atoms with Crippen molar-refractivity contribution in [3.63, 3.8) is 0 Å². The average Bonchev–Trinajstić information content (AvgIpc) is 3.16. The van der Waals surface area contributed by atoms with Gasteiger partial charge in [0.25, 0.3) is 0 Å². The Morgan fingerprint density at radius 2 is 2.08 bits per heavy atom. The number of methoxy groups -OCH3 is 1. The molecular formula is C25H18BrN5O6. The third-order valence-corrected chi connectivity index (χ3v) is 7.15. The molecule has 186 valence electrons. The number of fused-ring (bicyclic) bond motifs is 3. The normalized spacial score (nSPS) is 14.7. The van der Waals surface area contributed by atoms with Crippen LogP contribution in [0, 0.1) is 28.4 Å². The highest BCUT2D eigenvalue weighted by atomic mass is 79.9. The third kappa shape index (κ3) is 3.89. The Morgan fingerprint density at radius 3 is 2.76 bits per heavy atom. The van der Waals surface area contributed by atoms with Gasteiger partial charge in [-0.2, -0.15) is 9.94 Å². The molecule has 37 heavy (non-hydrogen) atoms. The molecule has 0 amide bonds. The predicted molar refractivity (Wildman–Crippen MR) is 135 cm³/mol. The number of rotatable bonds is 5. The molecule has 1 aliphatic heterocycles. The van der Waals surface area contributed by atoms with Gasteiger partial charge in [0, 0.05) is 5.56 Å². The van der Waals surface area contributed by atoms with Crippen molar-refractivity contribution in [3.8, 4) is 17.6 Å². The van der Waals surface area contributed by atoms with Crippen molar-refractivity contribution in [1.82, 2.24) is 9.78 Å². The molecule has 2 N–H and O–H groups in total. The molecule has 0 fully saturated rings. The van der Waals surface area contributed by atoms with Crippen molar-refractivity contribution < 1.29 is 18.8 Å². The van der Waals surface area contributed by atoms with Crippen LogP contribution in [0.1, 0.15) is 28.3 Å². The summed E-state index contributed by atoms with van der Waals surface area (Å²) < 4.78 is 18.6. The molecule has 0 saturated carbocycles. The Balaban J connectivity index is 1.70. The molecule has 0 aliphatic carbocycles. The van der Waals surface area contributed by atoms with E-state index < -0.39 is 16.5 Å². The molecule has 2 aromatic heterocycles. The lowest BCUT2D eigenvalue weighted by Gasteiger charge is -2.26. The van der Waals surface area contributed by atoms with E-state index in [1.807, 2.05) is 0 Å². The van der Waals surface area contributed by atoms with Crippen LogP contribution in [0.15, 0.2) is 67.6 Å². The zero-order chi connectivity index (χ0) is 26.4. The molecule has 4 aromatic rings. The van der Waals surface area contributed by atoms with E-state index >= 15 is 0 Å². The van der Waals surface area contributed by atoms with Crippen molar-refractivity contribution in [2.24, 2.45) is 5.73 Å². The highest BCUT2D eigenvalue weighted by Gasteiger charge is 2.36. The molecular weight excluding hydrogens is 546 g/mol. The van der Waals surface area contributed by atoms with Gasteiger partial charge in [-0.15, -0.1) is 0 Å². The van der Waals surface area contributed by atoms with Gasteiger partial charge in [0.2, 0.25) is 5.88 Å². The Kier molecular flexibility index (Phi) is 5.93. The predicted octanol–water partition coefficient (Wildman–Crippen LogP) is 4.24. The Labute approximate surface area is 217 Å². The van der Waals surface area contributed by atoms with Crippen LogP contribution in [0.25, 0.3) is 11.0 Å². The van der Waals surface area contributed by atoms with E-state index in [0.717, 1.165) is 0 Å². The molecule has 3 heterocycles. The molecule has 12 heteroatoms. The van der Waals surface area contributed by atoms with E-state index in [-0.39, 0.29) is 39.6 Å². The summed E-state index contributed by atoms with van der Waals surface area (Å²) in [5.74, 6) is -0.577. The van der Waals surface area contributed by atoms with Gasteiger partial charge in [0.1, 0.15) is 27.4 Å². The second-order valence-corrected chi connectivity index (χ2v) is 9.06. The molecule has 2 aromatic carbocycles. The molecule has 0 saturated heterocycles. The highest BCUT2D eigenvalue weighted by molar-refractivity contribution is 9.10. The van der Waals surface area contributed by atoms with Crippen LogP contribution in [-0.2, 0) is 6.54 Å². The molecule has 1 atom stereocenters. The summed E-state index contributed by atoms with van der Waals surface area (Å²) >= 11 is 3.23. The maximum absolute atomic E-state index is 13.2. The lowest BCUT2D eigenvalue weighted by Crippen LogP contribution is -2.26. The number of ether oxygens (including phenoxy) is 2. The molecule has 1 aliphatic rings. The van der Waals surface area contributed by atoms with Crippen LogP contribution in [-0.4, -0.2) is 21.8 Å². The van der Waals surface area contributed by atoms with E-state index in [2.05, 4.69) is 27.1 Å². The minimum Gasteiger partial charge on any atom is -0.496 e. The number of halogens is 1. The van der Waals surface area contributed by atoms with Gasteiger partial charge in [0.05, 0.1) is 41.3 Å². The van der Waals surface area contributed by atoms with Crippen LogP contribution in [0.2, 0.25) is 0 Å². The number of hydrogen-bond acceptors (Lipinski definition) is 9. The second-order valence-electron chi connectivity index (χ2n) is 8.26. The first kappa shape index (κ1) is 24.1. The maximum Gasteiger partial charge on any atom is 0.404 e. The Bertz CT molecular complexity index is 1730. The maximum atomic E-state index is 13.2. The van der Waals surface area contributed by atoms with Gasteiger partial charge in [-0.05, 0) is 57.6 Å². The molecule has 0 spiro atoms. The third-order valence-electron chi connectivity index (χ3n) is 6.22. The zero-order valence-electron chi connectivity index (χ0n) is 19.5. The lowest BCUT2D eigenvalue weighted by atomic mass is 9.83. The quantitative estimate of drug-likeness (QED) is 0.212. The lowest BCUT2D eigenvalue weighted by molar-refractivity contribution is -0.390. The fraction of sp³-hybridized carbons (Fsp3) is 0.160. The second kappa shape index (κ2) is 9.11. The van der Waals surface area contributed by atoms with Gasteiger partial charge in [-0.25, -0.2) is 4.79 Å². The van der Waals surface area contributed by atoms with Crippen LogP contribution < -0.4 is 20.8 Å². The SMILES string of the molecule is COc1ccc([C@H]2C(C#N)=C(N)Oc3c2c(=O)oc2ccccc32)cc1Cn1nc([N+](=O)[O-])c(Br)c1C. The van der Waals surface area contributed by atoms with Crippen molar-refractivity contribution in [1.29, 1.82) is 5.26 Å². The number of nitro groups is 1. The van der Waals surface area contributed by atoms with Crippen molar-refractivity contribution in [2.45, 2.75) is 19.4 Å². The summed E-state index contributed by atoms with van der Waals surface area (Å²) in [5, 5.41) is 25.9. The Morgan fingerprint density at radius 1 is 1.32 bits per heavy atom. The van der Waals surface area contributed by atoms with Crippen molar-refractivity contribution >= 4 is 32.7 Å². The highest BCUT2D eigenvalue weighted by Crippen LogP contribution is 2.44. The van der Waals surface area contributed by atoms with Gasteiger partial charge in [0.15, 0.2) is 5.75 Å². The van der Waals surface area contributed by atoms with Gasteiger partial charge < -0.3 is 29.7 Å². The standard InChI is InChI=1S/C25H18BrN5O6/c1-12-21(26)24(31(33)34)29-30(12)11-14-9-13(7-8-17(14)35-2)19-16(10-27)23(28)37-22-15-5-3-4-6-18(15)36-25(32)20(19)22/h3-9,19H,11,28H2,1-2H3/t19-/m0/s1. The Hall–Kier alpha value is -4.63. The minimum atomic E-state index is -0.876. The minimum absolute atomic E-state index is 0.0554. The van der Waals surface area contributed by atoms with E-state index in [1.165, 1.54) is 11.8 Å². The van der Waals surface area contributed by atoms with Gasteiger partial charge in [-0.1, -0.05) is 18.2 Å². The largest absolute Gasteiger partial charge is 0.496 e. The van der Waals surface area contributed by atoms with E-state index in [0.29, 0.717) is 33.5 Å². The van der Waals surface area contributed by atoms with E-state index in [4.69, 9.17) is 19.6 Å². The topological polar surface area (TPSA) is 159 Å². The van der Waals surface area contributed by atoms with Crippen LogP contribution in [0.4, 0.5) is 5.82 Å². The molecule has 11 nitrogen and oxygen atoms in total. The van der Waals surface area contributed by atoms with E-state index in [9.17, 15) is 20.2 Å². The number of nitrogens with two attached hydrogens (primary N) is 1. The first-order valence-electron chi connectivity index (χ1n) is 10.9. The number of nitrogens with zero attached hydrogens (tertiary/aromatic N) is 4. The number of hydrogen-bond donors (Lipinski definition) is 1.